The van der Waals surface area contributed by atoms with Gasteiger partial charge in [0.05, 0.1) is 40.8 Å². The summed E-state index contributed by atoms with van der Waals surface area (Å²) in [5.74, 6) is -0.820. The summed E-state index contributed by atoms with van der Waals surface area (Å²) in [6.45, 7) is 0. The van der Waals surface area contributed by atoms with Crippen molar-refractivity contribution in [2.24, 2.45) is 11.8 Å². The van der Waals surface area contributed by atoms with Crippen molar-refractivity contribution in [3.63, 3.8) is 0 Å². The van der Waals surface area contributed by atoms with E-state index < -0.39 is 0 Å². The van der Waals surface area contributed by atoms with E-state index >= 15 is 0 Å². The van der Waals surface area contributed by atoms with E-state index in [1.54, 1.807) is 0 Å². The van der Waals surface area contributed by atoms with Crippen molar-refractivity contribution >= 4 is 39.3 Å². The summed E-state index contributed by atoms with van der Waals surface area (Å²) < 4.78 is 5.80. The van der Waals surface area contributed by atoms with Crippen LogP contribution >= 0.6 is 0 Å². The predicted molar refractivity (Wildman–Crippen MR) is 96.6 cm³/mol. The summed E-state index contributed by atoms with van der Waals surface area (Å²) in [4.78, 5) is 31.9. The molecule has 4 atom stereocenters. The highest BCUT2D eigenvalue weighted by Crippen LogP contribution is 2.49. The number of aromatic nitrogens is 1. The Bertz CT molecular complexity index is 1080. The molecule has 26 heavy (non-hydrogen) atoms. The first-order valence-corrected chi connectivity index (χ1v) is 9.03. The second-order valence-electron chi connectivity index (χ2n) is 7.41. The molecule has 1 aromatic heterocycles. The van der Waals surface area contributed by atoms with E-state index in [0.29, 0.717) is 5.69 Å². The Morgan fingerprint density at radius 2 is 1.54 bits per heavy atom. The van der Waals surface area contributed by atoms with Gasteiger partial charge in [-0.3, -0.25) is 9.59 Å². The van der Waals surface area contributed by atoms with Gasteiger partial charge >= 0.3 is 0 Å². The minimum absolute atomic E-state index is 0.0856. The minimum Gasteiger partial charge on any atom is -0.373 e. The third-order valence-corrected chi connectivity index (χ3v) is 6.04. The standard InChI is InChI=1S/C21H16N2O3/c24-20-18-16-7-8-17(26-16)19(18)21(25)23(20)13-5-6-15-12(10-13)9-11-3-1-2-4-14(11)22-15/h1-6,9-10,16-19H,7-8H2. The average Bonchev–Trinajstić information content (AvgIpc) is 3.33. The van der Waals surface area contributed by atoms with Gasteiger partial charge in [-0.2, -0.15) is 0 Å². The first-order valence-electron chi connectivity index (χ1n) is 9.03. The number of carbonyl (C=O) groups excluding carboxylic acids is 2. The Morgan fingerprint density at radius 1 is 0.846 bits per heavy atom. The monoisotopic (exact) mass is 344 g/mol. The molecule has 4 heterocycles. The molecule has 3 saturated heterocycles. The Balaban J connectivity index is 1.47. The van der Waals surface area contributed by atoms with Gasteiger partial charge < -0.3 is 4.74 Å². The number of hydrogen-bond acceptors (Lipinski definition) is 4. The number of amides is 2. The van der Waals surface area contributed by atoms with Gasteiger partial charge in [-0.25, -0.2) is 9.88 Å². The van der Waals surface area contributed by atoms with Gasteiger partial charge in [0, 0.05) is 10.8 Å². The summed E-state index contributed by atoms with van der Waals surface area (Å²) in [5, 5.41) is 1.97. The number of para-hydroxylation sites is 1. The van der Waals surface area contributed by atoms with Gasteiger partial charge in [-0.05, 0) is 43.2 Å². The number of rotatable bonds is 1. The van der Waals surface area contributed by atoms with Gasteiger partial charge in [0.1, 0.15) is 0 Å². The second-order valence-corrected chi connectivity index (χ2v) is 7.41. The van der Waals surface area contributed by atoms with Crippen LogP contribution in [-0.4, -0.2) is 29.0 Å². The van der Waals surface area contributed by atoms with Crippen LogP contribution in [-0.2, 0) is 14.3 Å². The average molecular weight is 344 g/mol. The molecule has 0 saturated carbocycles. The normalized spacial score (nSPS) is 29.9. The molecule has 0 radical (unpaired) electrons. The summed E-state index contributed by atoms with van der Waals surface area (Å²) in [5.41, 5.74) is 2.43. The first-order chi connectivity index (χ1) is 12.7. The van der Waals surface area contributed by atoms with Gasteiger partial charge in [-0.1, -0.05) is 18.2 Å². The molecule has 0 aliphatic carbocycles. The number of fused-ring (bicyclic) bond motifs is 7. The van der Waals surface area contributed by atoms with E-state index in [2.05, 4.69) is 11.1 Å². The minimum atomic E-state index is -0.299. The number of benzene rings is 2. The molecule has 128 valence electrons. The number of nitrogens with zero attached hydrogens (tertiary/aromatic N) is 2. The molecule has 4 unspecified atom stereocenters. The molecule has 2 bridgehead atoms. The molecule has 2 amide bonds. The lowest BCUT2D eigenvalue weighted by Gasteiger charge is -2.18. The quantitative estimate of drug-likeness (QED) is 0.503. The molecule has 3 fully saturated rings. The van der Waals surface area contributed by atoms with Crippen LogP contribution in [0.15, 0.2) is 48.5 Å². The molecule has 3 aliphatic rings. The summed E-state index contributed by atoms with van der Waals surface area (Å²) in [7, 11) is 0. The Morgan fingerprint density at radius 3 is 2.31 bits per heavy atom. The van der Waals surface area contributed by atoms with Crippen LogP contribution in [0.1, 0.15) is 12.8 Å². The van der Waals surface area contributed by atoms with Gasteiger partial charge in [0.2, 0.25) is 11.8 Å². The van der Waals surface area contributed by atoms with E-state index in [0.717, 1.165) is 34.6 Å². The smallest absolute Gasteiger partial charge is 0.240 e. The zero-order chi connectivity index (χ0) is 17.4. The maximum Gasteiger partial charge on any atom is 0.240 e. The highest BCUT2D eigenvalue weighted by atomic mass is 16.5. The maximum absolute atomic E-state index is 12.9. The van der Waals surface area contributed by atoms with Crippen molar-refractivity contribution in [3.8, 4) is 0 Å². The van der Waals surface area contributed by atoms with Gasteiger partial charge in [0.15, 0.2) is 0 Å². The Labute approximate surface area is 149 Å². The van der Waals surface area contributed by atoms with Crippen LogP contribution in [0.4, 0.5) is 5.69 Å². The third kappa shape index (κ3) is 1.76. The van der Waals surface area contributed by atoms with Crippen LogP contribution in [0, 0.1) is 11.8 Å². The highest BCUT2D eigenvalue weighted by molar-refractivity contribution is 6.23. The predicted octanol–water partition coefficient (Wildman–Crippen LogP) is 3.05. The SMILES string of the molecule is O=C1C2C3CCC(O3)C2C(=O)N1c1ccc2nc3ccccc3cc2c1. The number of carbonyl (C=O) groups is 2. The zero-order valence-electron chi connectivity index (χ0n) is 14.0. The lowest BCUT2D eigenvalue weighted by Crippen LogP contribution is -2.34. The number of anilines is 1. The second kappa shape index (κ2) is 4.89. The molecule has 3 aliphatic heterocycles. The topological polar surface area (TPSA) is 59.5 Å². The molecular formula is C21H16N2O3. The first kappa shape index (κ1) is 14.4. The lowest BCUT2D eigenvalue weighted by atomic mass is 9.81. The fraction of sp³-hybridized carbons (Fsp3) is 0.286. The van der Waals surface area contributed by atoms with Crippen molar-refractivity contribution < 1.29 is 14.3 Å². The van der Waals surface area contributed by atoms with Crippen LogP contribution in [0.25, 0.3) is 21.8 Å². The third-order valence-electron chi connectivity index (χ3n) is 6.04. The van der Waals surface area contributed by atoms with Crippen LogP contribution in [0.5, 0.6) is 0 Å². The molecule has 6 rings (SSSR count). The van der Waals surface area contributed by atoms with E-state index in [1.807, 2.05) is 42.5 Å². The summed E-state index contributed by atoms with van der Waals surface area (Å²) in [6.07, 6.45) is 1.59. The molecule has 5 nitrogen and oxygen atoms in total. The number of pyridine rings is 1. The van der Waals surface area contributed by atoms with E-state index in [9.17, 15) is 9.59 Å². The molecule has 0 spiro atoms. The molecule has 0 N–H and O–H groups in total. The van der Waals surface area contributed by atoms with Gasteiger partial charge in [-0.15, -0.1) is 0 Å². The van der Waals surface area contributed by atoms with Crippen molar-refractivity contribution in [3.05, 3.63) is 48.5 Å². The molecule has 2 aromatic carbocycles. The fourth-order valence-electron chi connectivity index (χ4n) is 4.87. The summed E-state index contributed by atoms with van der Waals surface area (Å²) >= 11 is 0. The van der Waals surface area contributed by atoms with Crippen molar-refractivity contribution in [2.45, 2.75) is 25.0 Å². The molecule has 3 aromatic rings. The van der Waals surface area contributed by atoms with Crippen molar-refractivity contribution in [1.82, 2.24) is 4.98 Å². The molecule has 5 heteroatoms. The van der Waals surface area contributed by atoms with Crippen LogP contribution < -0.4 is 4.90 Å². The van der Waals surface area contributed by atoms with Crippen molar-refractivity contribution in [1.29, 1.82) is 0 Å². The maximum atomic E-state index is 12.9. The number of hydrogen-bond donors (Lipinski definition) is 0. The van der Waals surface area contributed by atoms with E-state index in [-0.39, 0.29) is 35.9 Å². The number of ether oxygens (including phenoxy) is 1. The number of imide groups is 1. The lowest BCUT2D eigenvalue weighted by molar-refractivity contribution is -0.124. The van der Waals surface area contributed by atoms with Crippen LogP contribution in [0.2, 0.25) is 0 Å². The fourth-order valence-corrected chi connectivity index (χ4v) is 4.87. The summed E-state index contributed by atoms with van der Waals surface area (Å²) in [6, 6.07) is 15.6. The Kier molecular flexibility index (Phi) is 2.70. The Hall–Kier alpha value is -2.79. The zero-order valence-corrected chi connectivity index (χ0v) is 14.0. The van der Waals surface area contributed by atoms with Crippen molar-refractivity contribution in [2.75, 3.05) is 4.90 Å². The largest absolute Gasteiger partial charge is 0.373 e. The highest BCUT2D eigenvalue weighted by Gasteiger charge is 2.62. The van der Waals surface area contributed by atoms with Crippen LogP contribution in [0.3, 0.4) is 0 Å². The van der Waals surface area contributed by atoms with Gasteiger partial charge in [0.25, 0.3) is 0 Å². The molecular weight excluding hydrogens is 328 g/mol. The van der Waals surface area contributed by atoms with E-state index in [4.69, 9.17) is 4.74 Å². The van der Waals surface area contributed by atoms with E-state index in [1.165, 1.54) is 4.90 Å².